The van der Waals surface area contributed by atoms with Crippen LogP contribution in [0.15, 0.2) is 29.3 Å². The lowest BCUT2D eigenvalue weighted by Gasteiger charge is -2.29. The van der Waals surface area contributed by atoms with Gasteiger partial charge in [-0.1, -0.05) is 49.1 Å². The largest absolute Gasteiger partial charge is 0.432 e. The summed E-state index contributed by atoms with van der Waals surface area (Å²) in [6, 6.07) is 7.51. The average molecular weight is 472 g/mol. The minimum Gasteiger partial charge on any atom is -0.432 e. The van der Waals surface area contributed by atoms with Crippen LogP contribution in [0.1, 0.15) is 53.7 Å². The van der Waals surface area contributed by atoms with Crippen molar-refractivity contribution in [2.24, 2.45) is 10.9 Å². The minimum atomic E-state index is -1.21. The van der Waals surface area contributed by atoms with Crippen LogP contribution in [0.4, 0.5) is 5.00 Å². The third-order valence-electron chi connectivity index (χ3n) is 6.59. The number of nitrogens with one attached hydrogen (secondary N) is 1. The monoisotopic (exact) mass is 471 g/mol. The number of carbonyl (C=O) groups excluding carboxylic acids is 2. The topological polar surface area (TPSA) is 71.0 Å². The Balaban J connectivity index is 1.68. The molecule has 1 aromatic carbocycles. The first-order chi connectivity index (χ1) is 15.7. The standard InChI is InChI=1S/C24H26ClN3O3S/c25-18-9-5-4-8-16(18)21-20-17-10-11-26-12-19(17)32-24(20)28(13-15-6-2-1-3-7-15)23(30)22(27-21)31-14-29/h4-5,8-9,14-15,22,26H,1-3,6-7,10-13H2. The number of fused-ring (bicyclic) bond motifs is 3. The summed E-state index contributed by atoms with van der Waals surface area (Å²) in [5, 5.41) is 4.90. The molecule has 0 spiro atoms. The van der Waals surface area contributed by atoms with Crippen molar-refractivity contribution < 1.29 is 14.3 Å². The predicted molar refractivity (Wildman–Crippen MR) is 127 cm³/mol. The van der Waals surface area contributed by atoms with E-state index in [0.29, 0.717) is 29.7 Å². The van der Waals surface area contributed by atoms with Gasteiger partial charge in [-0.15, -0.1) is 11.3 Å². The lowest BCUT2D eigenvalue weighted by molar-refractivity contribution is -0.143. The summed E-state index contributed by atoms with van der Waals surface area (Å²) in [4.78, 5) is 32.7. The first-order valence-corrected chi connectivity index (χ1v) is 12.5. The Bertz CT molecular complexity index is 1060. The maximum Gasteiger partial charge on any atom is 0.295 e. The van der Waals surface area contributed by atoms with Crippen molar-refractivity contribution in [3.63, 3.8) is 0 Å². The van der Waals surface area contributed by atoms with Gasteiger partial charge in [0.05, 0.1) is 5.71 Å². The Morgan fingerprint density at radius 1 is 1.25 bits per heavy atom. The highest BCUT2D eigenvalue weighted by Crippen LogP contribution is 2.43. The number of anilines is 1. The van der Waals surface area contributed by atoms with Crippen LogP contribution in [-0.2, 0) is 27.3 Å². The minimum absolute atomic E-state index is 0.280. The Hall–Kier alpha value is -2.22. The maximum absolute atomic E-state index is 13.6. The zero-order valence-electron chi connectivity index (χ0n) is 17.8. The van der Waals surface area contributed by atoms with E-state index < -0.39 is 6.23 Å². The fourth-order valence-corrected chi connectivity index (χ4v) is 6.58. The number of nitrogens with zero attached hydrogens (tertiary/aromatic N) is 2. The number of benzene rings is 1. The van der Waals surface area contributed by atoms with Crippen molar-refractivity contribution >= 4 is 46.0 Å². The van der Waals surface area contributed by atoms with Crippen LogP contribution in [0.2, 0.25) is 5.02 Å². The van der Waals surface area contributed by atoms with Gasteiger partial charge in [0, 0.05) is 34.1 Å². The molecule has 1 fully saturated rings. The fraction of sp³-hybridized carbons (Fsp3) is 0.458. The molecule has 1 aromatic heterocycles. The predicted octanol–water partition coefficient (Wildman–Crippen LogP) is 4.31. The van der Waals surface area contributed by atoms with Gasteiger partial charge in [-0.3, -0.25) is 14.5 Å². The van der Waals surface area contributed by atoms with E-state index in [1.165, 1.54) is 29.7 Å². The zero-order valence-corrected chi connectivity index (χ0v) is 19.4. The van der Waals surface area contributed by atoms with E-state index in [0.717, 1.165) is 48.5 Å². The Morgan fingerprint density at radius 3 is 2.84 bits per heavy atom. The number of amides is 1. The quantitative estimate of drug-likeness (QED) is 0.659. The van der Waals surface area contributed by atoms with Gasteiger partial charge in [-0.2, -0.15) is 0 Å². The van der Waals surface area contributed by atoms with Crippen LogP contribution in [0.25, 0.3) is 0 Å². The van der Waals surface area contributed by atoms with Gasteiger partial charge in [0.25, 0.3) is 18.6 Å². The molecule has 0 saturated heterocycles. The molecule has 1 N–H and O–H groups in total. The van der Waals surface area contributed by atoms with Crippen LogP contribution in [0.5, 0.6) is 0 Å². The van der Waals surface area contributed by atoms with Gasteiger partial charge >= 0.3 is 0 Å². The third-order valence-corrected chi connectivity index (χ3v) is 8.18. The van der Waals surface area contributed by atoms with Crippen molar-refractivity contribution in [1.82, 2.24) is 5.32 Å². The summed E-state index contributed by atoms with van der Waals surface area (Å²) in [5.41, 5.74) is 3.58. The van der Waals surface area contributed by atoms with Crippen LogP contribution in [0, 0.1) is 5.92 Å². The van der Waals surface area contributed by atoms with E-state index in [4.69, 9.17) is 21.3 Å². The smallest absolute Gasteiger partial charge is 0.295 e. The number of carbonyl (C=O) groups is 2. The molecule has 1 saturated carbocycles. The molecular formula is C24H26ClN3O3S. The van der Waals surface area contributed by atoms with Gasteiger partial charge in [0.1, 0.15) is 5.00 Å². The van der Waals surface area contributed by atoms with Crippen LogP contribution >= 0.6 is 22.9 Å². The van der Waals surface area contributed by atoms with Gasteiger partial charge in [-0.25, -0.2) is 4.99 Å². The SMILES string of the molecule is O=COC1N=C(c2ccccc2Cl)c2c(sc3c2CCNC3)N(CC2CCCCC2)C1=O. The number of hydrogen-bond donors (Lipinski definition) is 1. The van der Waals surface area contributed by atoms with Gasteiger partial charge in [0.15, 0.2) is 0 Å². The average Bonchev–Trinajstić information content (AvgIpc) is 3.15. The summed E-state index contributed by atoms with van der Waals surface area (Å²) in [6.07, 6.45) is 5.52. The normalized spacial score (nSPS) is 21.4. The highest BCUT2D eigenvalue weighted by molar-refractivity contribution is 7.17. The summed E-state index contributed by atoms with van der Waals surface area (Å²) < 4.78 is 5.22. The van der Waals surface area contributed by atoms with Crippen molar-refractivity contribution in [2.45, 2.75) is 51.3 Å². The summed E-state index contributed by atoms with van der Waals surface area (Å²) in [7, 11) is 0. The number of rotatable bonds is 5. The zero-order chi connectivity index (χ0) is 22.1. The van der Waals surface area contributed by atoms with Gasteiger partial charge in [0.2, 0.25) is 0 Å². The number of halogens is 1. The molecule has 3 heterocycles. The van der Waals surface area contributed by atoms with Gasteiger partial charge < -0.3 is 10.1 Å². The van der Waals surface area contributed by atoms with E-state index in [1.807, 2.05) is 29.2 Å². The molecule has 8 heteroatoms. The van der Waals surface area contributed by atoms with E-state index in [1.54, 1.807) is 11.3 Å². The number of ether oxygens (including phenoxy) is 1. The second-order valence-electron chi connectivity index (χ2n) is 8.61. The molecule has 168 valence electrons. The molecule has 0 bridgehead atoms. The summed E-state index contributed by atoms with van der Waals surface area (Å²) in [6.45, 7) is 2.59. The van der Waals surface area contributed by atoms with Gasteiger partial charge in [-0.05, 0) is 43.4 Å². The number of hydrogen-bond acceptors (Lipinski definition) is 6. The van der Waals surface area contributed by atoms with Crippen LogP contribution in [-0.4, -0.2) is 37.4 Å². The highest BCUT2D eigenvalue weighted by atomic mass is 35.5. The molecule has 6 nitrogen and oxygen atoms in total. The second kappa shape index (κ2) is 9.33. The maximum atomic E-state index is 13.6. The molecule has 1 unspecified atom stereocenters. The van der Waals surface area contributed by atoms with Crippen molar-refractivity contribution in [2.75, 3.05) is 18.0 Å². The van der Waals surface area contributed by atoms with E-state index in [2.05, 4.69) is 5.32 Å². The Morgan fingerprint density at radius 2 is 2.06 bits per heavy atom. The van der Waals surface area contributed by atoms with Crippen LogP contribution in [0.3, 0.4) is 0 Å². The Labute approximate surface area is 196 Å². The highest BCUT2D eigenvalue weighted by Gasteiger charge is 2.38. The molecule has 1 atom stereocenters. The van der Waals surface area contributed by atoms with Crippen LogP contribution < -0.4 is 10.2 Å². The fourth-order valence-electron chi connectivity index (χ4n) is 5.02. The van der Waals surface area contributed by atoms with Crippen molar-refractivity contribution in [1.29, 1.82) is 0 Å². The molecule has 5 rings (SSSR count). The van der Waals surface area contributed by atoms with E-state index in [-0.39, 0.29) is 5.91 Å². The lowest BCUT2D eigenvalue weighted by Crippen LogP contribution is -2.42. The molecule has 32 heavy (non-hydrogen) atoms. The number of aliphatic imine (C=N–C) groups is 1. The molecular weight excluding hydrogens is 446 g/mol. The molecule has 2 aliphatic heterocycles. The lowest BCUT2D eigenvalue weighted by atomic mass is 9.88. The second-order valence-corrected chi connectivity index (χ2v) is 10.1. The summed E-state index contributed by atoms with van der Waals surface area (Å²) >= 11 is 8.23. The molecule has 3 aliphatic rings. The van der Waals surface area contributed by atoms with Crippen molar-refractivity contribution in [3.05, 3.63) is 50.9 Å². The molecule has 1 amide bonds. The summed E-state index contributed by atoms with van der Waals surface area (Å²) in [5.74, 6) is 0.161. The van der Waals surface area contributed by atoms with E-state index >= 15 is 0 Å². The first kappa shape index (κ1) is 21.6. The number of thiophene rings is 1. The molecule has 1 aliphatic carbocycles. The van der Waals surface area contributed by atoms with Crippen molar-refractivity contribution in [3.8, 4) is 0 Å². The van der Waals surface area contributed by atoms with E-state index in [9.17, 15) is 9.59 Å². The first-order valence-electron chi connectivity index (χ1n) is 11.3. The Kier molecular flexibility index (Phi) is 6.31. The third kappa shape index (κ3) is 3.98. The molecule has 2 aromatic rings. The molecule has 0 radical (unpaired) electrons.